The number of carboxylic acids is 1. The van der Waals surface area contributed by atoms with E-state index in [4.69, 9.17) is 21.6 Å². The number of nitrogens with zero attached hydrogens (tertiary/aromatic N) is 1. The minimum atomic E-state index is -1.26. The highest BCUT2D eigenvalue weighted by molar-refractivity contribution is 5.91. The van der Waals surface area contributed by atoms with Crippen LogP contribution >= 0.6 is 0 Å². The van der Waals surface area contributed by atoms with E-state index in [2.05, 4.69) is 20.9 Å². The van der Waals surface area contributed by atoms with Crippen molar-refractivity contribution in [2.75, 3.05) is 26.2 Å². The standard InChI is InChI=1S/C27H42N8O8/c1-4-43-26(42)18-11-17(32-14(18)2)12-20(25(40)41)33-21(37)6-5-8-31-23(38)19(34-24(39)22(28)15(3)36)10-16-7-9-35(13-16)27(29)30/h7,11,15,19-20,22,32,36H,4-6,8-10,12-13,28H2,1-3H3,(H3,29,30)(H,31,38)(H,33,37)(H,34,39)(H,40,41). The third-order valence-electron chi connectivity index (χ3n) is 6.76. The monoisotopic (exact) mass is 606 g/mol. The second-order valence-electron chi connectivity index (χ2n) is 10.3. The van der Waals surface area contributed by atoms with Crippen molar-refractivity contribution in [1.82, 2.24) is 25.8 Å². The Bertz CT molecular complexity index is 1230. The molecule has 0 saturated heterocycles. The maximum Gasteiger partial charge on any atom is 0.339 e. The zero-order chi connectivity index (χ0) is 32.3. The highest BCUT2D eigenvalue weighted by Crippen LogP contribution is 2.16. The first-order valence-electron chi connectivity index (χ1n) is 13.9. The third-order valence-corrected chi connectivity index (χ3v) is 6.76. The number of nitrogens with one attached hydrogen (secondary N) is 5. The highest BCUT2D eigenvalue weighted by Gasteiger charge is 2.28. The average molecular weight is 607 g/mol. The molecule has 16 nitrogen and oxygen atoms in total. The van der Waals surface area contributed by atoms with Gasteiger partial charge in [0.2, 0.25) is 17.7 Å². The molecule has 2 heterocycles. The smallest absolute Gasteiger partial charge is 0.339 e. The van der Waals surface area contributed by atoms with E-state index in [1.165, 1.54) is 13.0 Å². The largest absolute Gasteiger partial charge is 0.480 e. The van der Waals surface area contributed by atoms with Gasteiger partial charge in [0.15, 0.2) is 5.96 Å². The Morgan fingerprint density at radius 3 is 2.44 bits per heavy atom. The van der Waals surface area contributed by atoms with Crippen LogP contribution in [0.3, 0.4) is 0 Å². The molecule has 43 heavy (non-hydrogen) atoms. The fourth-order valence-electron chi connectivity index (χ4n) is 4.33. The number of H-pyrrole nitrogens is 1. The number of rotatable bonds is 16. The number of hydrogen-bond acceptors (Lipinski definition) is 9. The van der Waals surface area contributed by atoms with E-state index in [-0.39, 0.29) is 50.4 Å². The van der Waals surface area contributed by atoms with Crippen LogP contribution in [0.15, 0.2) is 17.7 Å². The normalized spacial score (nSPS) is 15.5. The summed E-state index contributed by atoms with van der Waals surface area (Å²) >= 11 is 0. The summed E-state index contributed by atoms with van der Waals surface area (Å²) in [6, 6.07) is -2.06. The molecule has 1 aliphatic heterocycles. The Morgan fingerprint density at radius 1 is 1.16 bits per heavy atom. The molecule has 1 aromatic heterocycles. The fourth-order valence-corrected chi connectivity index (χ4v) is 4.33. The highest BCUT2D eigenvalue weighted by atomic mass is 16.5. The van der Waals surface area contributed by atoms with E-state index in [1.54, 1.807) is 24.8 Å². The van der Waals surface area contributed by atoms with Gasteiger partial charge in [-0.1, -0.05) is 11.6 Å². The molecule has 1 aromatic rings. The van der Waals surface area contributed by atoms with Gasteiger partial charge < -0.3 is 52.3 Å². The molecule has 0 aliphatic carbocycles. The lowest BCUT2D eigenvalue weighted by atomic mass is 10.0. The lowest BCUT2D eigenvalue weighted by Crippen LogP contribution is -2.54. The first-order chi connectivity index (χ1) is 20.2. The number of aromatic amines is 1. The van der Waals surface area contributed by atoms with Crippen LogP contribution in [0.25, 0.3) is 0 Å². The predicted octanol–water partition coefficient (Wildman–Crippen LogP) is -1.77. The van der Waals surface area contributed by atoms with Crippen LogP contribution in [-0.4, -0.2) is 106 Å². The SMILES string of the molecule is CCOC(=O)c1cc(CC(NC(=O)CCCNC(=O)C(CC2=CCN(C(=N)N)C2)NC(=O)C(N)C(C)O)C(=O)O)[nH]c1C. The van der Waals surface area contributed by atoms with Gasteiger partial charge in [0.1, 0.15) is 18.1 Å². The Hall–Kier alpha value is -4.44. The van der Waals surface area contributed by atoms with Crippen molar-refractivity contribution in [3.05, 3.63) is 34.7 Å². The number of carboxylic acid groups (broad SMARTS) is 1. The lowest BCUT2D eigenvalue weighted by Gasteiger charge is -2.23. The van der Waals surface area contributed by atoms with Gasteiger partial charge in [0.25, 0.3) is 0 Å². The molecule has 0 bridgehead atoms. The molecule has 238 valence electrons. The number of carbonyl (C=O) groups excluding carboxylic acids is 4. The first-order valence-corrected chi connectivity index (χ1v) is 13.9. The number of aliphatic hydroxyl groups excluding tert-OH is 1. The Morgan fingerprint density at radius 2 is 1.86 bits per heavy atom. The molecule has 16 heteroatoms. The summed E-state index contributed by atoms with van der Waals surface area (Å²) in [4.78, 5) is 66.2. The van der Waals surface area contributed by atoms with Crippen molar-refractivity contribution in [1.29, 1.82) is 5.41 Å². The molecule has 0 aromatic carbocycles. The molecule has 4 atom stereocenters. The van der Waals surface area contributed by atoms with E-state index >= 15 is 0 Å². The third kappa shape index (κ3) is 10.7. The predicted molar refractivity (Wildman–Crippen MR) is 155 cm³/mol. The maximum absolute atomic E-state index is 13.0. The van der Waals surface area contributed by atoms with Crippen molar-refractivity contribution >= 4 is 35.6 Å². The van der Waals surface area contributed by atoms with Crippen LogP contribution in [0.2, 0.25) is 0 Å². The van der Waals surface area contributed by atoms with Gasteiger partial charge in [0, 0.05) is 43.9 Å². The summed E-state index contributed by atoms with van der Waals surface area (Å²) < 4.78 is 4.98. The summed E-state index contributed by atoms with van der Waals surface area (Å²) in [6.45, 7) is 5.63. The average Bonchev–Trinajstić information content (AvgIpc) is 3.56. The molecular weight excluding hydrogens is 564 g/mol. The van der Waals surface area contributed by atoms with Crippen LogP contribution in [0.5, 0.6) is 0 Å². The molecule has 11 N–H and O–H groups in total. The summed E-state index contributed by atoms with van der Waals surface area (Å²) in [7, 11) is 0. The van der Waals surface area contributed by atoms with Crippen molar-refractivity contribution in [2.45, 2.75) is 70.7 Å². The molecular formula is C27H42N8O8. The van der Waals surface area contributed by atoms with Crippen LogP contribution in [-0.2, 0) is 30.3 Å². The zero-order valence-electron chi connectivity index (χ0n) is 24.6. The molecule has 3 amide bonds. The number of guanidine groups is 1. The van der Waals surface area contributed by atoms with Gasteiger partial charge in [-0.3, -0.25) is 19.8 Å². The minimum Gasteiger partial charge on any atom is -0.480 e. The van der Waals surface area contributed by atoms with Crippen LogP contribution in [0.1, 0.15) is 54.9 Å². The molecule has 0 saturated carbocycles. The van der Waals surface area contributed by atoms with Crippen LogP contribution in [0, 0.1) is 12.3 Å². The number of amides is 3. The van der Waals surface area contributed by atoms with Crippen LogP contribution < -0.4 is 27.4 Å². The summed E-state index contributed by atoms with van der Waals surface area (Å²) in [5.74, 6) is -3.74. The number of aryl methyl sites for hydroxylation is 1. The number of hydrogen-bond donors (Lipinski definition) is 9. The van der Waals surface area contributed by atoms with E-state index in [0.717, 1.165) is 5.57 Å². The van der Waals surface area contributed by atoms with Gasteiger partial charge in [-0.25, -0.2) is 9.59 Å². The van der Waals surface area contributed by atoms with Crippen molar-refractivity contribution < 1.29 is 38.9 Å². The maximum atomic E-state index is 13.0. The van der Waals surface area contributed by atoms with E-state index < -0.39 is 53.9 Å². The van der Waals surface area contributed by atoms with Gasteiger partial charge >= 0.3 is 11.9 Å². The number of esters is 1. The topological polar surface area (TPSA) is 266 Å². The molecule has 2 rings (SSSR count). The van der Waals surface area contributed by atoms with Gasteiger partial charge in [-0.2, -0.15) is 0 Å². The van der Waals surface area contributed by atoms with E-state index in [9.17, 15) is 34.2 Å². The molecule has 4 unspecified atom stereocenters. The molecule has 1 aliphatic rings. The quantitative estimate of drug-likeness (QED) is 0.0334. The number of aliphatic hydroxyl groups is 1. The fraction of sp³-hybridized carbons (Fsp3) is 0.556. The molecule has 0 radical (unpaired) electrons. The van der Waals surface area contributed by atoms with Crippen molar-refractivity contribution in [3.8, 4) is 0 Å². The van der Waals surface area contributed by atoms with Crippen molar-refractivity contribution in [2.24, 2.45) is 11.5 Å². The summed E-state index contributed by atoms with van der Waals surface area (Å²) in [5.41, 5.74) is 13.2. The number of ether oxygens (including phenoxy) is 1. The molecule has 0 fully saturated rings. The first kappa shape index (κ1) is 34.8. The van der Waals surface area contributed by atoms with E-state index in [1.807, 2.05) is 0 Å². The Balaban J connectivity index is 1.91. The van der Waals surface area contributed by atoms with Gasteiger partial charge in [-0.05, 0) is 39.7 Å². The Labute approximate surface area is 249 Å². The summed E-state index contributed by atoms with van der Waals surface area (Å²) in [6.07, 6.45) is 0.766. The van der Waals surface area contributed by atoms with E-state index in [0.29, 0.717) is 24.5 Å². The lowest BCUT2D eigenvalue weighted by molar-refractivity contribution is -0.141. The second kappa shape index (κ2) is 16.3. The number of carbonyl (C=O) groups is 5. The van der Waals surface area contributed by atoms with Crippen molar-refractivity contribution in [3.63, 3.8) is 0 Å². The zero-order valence-corrected chi connectivity index (χ0v) is 24.6. The molecule has 0 spiro atoms. The second-order valence-corrected chi connectivity index (χ2v) is 10.3. The number of nitrogens with two attached hydrogens (primary N) is 2. The number of aliphatic carboxylic acids is 1. The Kier molecular flexibility index (Phi) is 13.1. The number of aromatic nitrogens is 1. The minimum absolute atomic E-state index is 0.0517. The van der Waals surface area contributed by atoms with Crippen LogP contribution in [0.4, 0.5) is 0 Å². The van der Waals surface area contributed by atoms with Gasteiger partial charge in [0.05, 0.1) is 18.3 Å². The van der Waals surface area contributed by atoms with Gasteiger partial charge in [-0.15, -0.1) is 0 Å². The summed E-state index contributed by atoms with van der Waals surface area (Å²) in [5, 5.41) is 34.5.